The highest BCUT2D eigenvalue weighted by atomic mass is 19.4. The van der Waals surface area contributed by atoms with Crippen molar-refractivity contribution in [3.05, 3.63) is 94.8 Å². The summed E-state index contributed by atoms with van der Waals surface area (Å²) in [6.07, 6.45) is -2.67. The predicted molar refractivity (Wildman–Crippen MR) is 139 cm³/mol. The molecule has 1 aliphatic heterocycles. The molecule has 4 aromatic rings. The highest BCUT2D eigenvalue weighted by Crippen LogP contribution is 2.42. The molecule has 1 aliphatic rings. The molecule has 0 unspecified atom stereocenters. The van der Waals surface area contributed by atoms with Gasteiger partial charge in [0.1, 0.15) is 17.5 Å². The van der Waals surface area contributed by atoms with Crippen LogP contribution >= 0.6 is 0 Å². The Bertz CT molecular complexity index is 1610. The number of rotatable bonds is 6. The van der Waals surface area contributed by atoms with Crippen molar-refractivity contribution < 1.29 is 31.5 Å². The van der Waals surface area contributed by atoms with Crippen LogP contribution in [-0.4, -0.2) is 27.9 Å². The van der Waals surface area contributed by atoms with Crippen molar-refractivity contribution in [1.82, 2.24) is 14.9 Å². The number of carbonyl (C=O) groups is 2. The molecular weight excluding hydrogens is 531 g/mol. The van der Waals surface area contributed by atoms with Gasteiger partial charge in [-0.15, -0.1) is 0 Å². The number of carbonyl (C=O) groups excluding carboxylic acids is 2. The van der Waals surface area contributed by atoms with E-state index < -0.39 is 23.4 Å². The van der Waals surface area contributed by atoms with E-state index >= 15 is 4.39 Å². The molecule has 2 aromatic heterocycles. The largest absolute Gasteiger partial charge is 0.416 e. The van der Waals surface area contributed by atoms with Crippen LogP contribution in [0.5, 0.6) is 0 Å². The molecule has 11 heteroatoms. The second kappa shape index (κ2) is 10.6. The van der Waals surface area contributed by atoms with Crippen LogP contribution in [0.3, 0.4) is 0 Å². The SMILES string of the molecule is CCC(=O)Nc1cc(-c2c(-c3ccc(F)cc3)c3c(n2Cc2ccc(C(F)(F)F)cc2F)CCNC3=O)ccn1. The molecule has 2 aromatic carbocycles. The first-order valence-corrected chi connectivity index (χ1v) is 12.5. The number of anilines is 1. The van der Waals surface area contributed by atoms with Crippen LogP contribution < -0.4 is 10.6 Å². The number of halogens is 5. The van der Waals surface area contributed by atoms with E-state index in [1.54, 1.807) is 23.6 Å². The summed E-state index contributed by atoms with van der Waals surface area (Å²) in [6, 6.07) is 11.1. The molecule has 0 saturated carbocycles. The summed E-state index contributed by atoms with van der Waals surface area (Å²) >= 11 is 0. The molecule has 206 valence electrons. The van der Waals surface area contributed by atoms with Crippen LogP contribution in [0.2, 0.25) is 0 Å². The Morgan fingerprint density at radius 3 is 2.45 bits per heavy atom. The third kappa shape index (κ3) is 5.18. The first-order valence-electron chi connectivity index (χ1n) is 12.5. The lowest BCUT2D eigenvalue weighted by molar-refractivity contribution is -0.137. The average Bonchev–Trinajstić information content (AvgIpc) is 3.25. The Morgan fingerprint density at radius 1 is 1.02 bits per heavy atom. The number of benzene rings is 2. The van der Waals surface area contributed by atoms with Crippen LogP contribution in [-0.2, 0) is 23.9 Å². The summed E-state index contributed by atoms with van der Waals surface area (Å²) in [7, 11) is 0. The topological polar surface area (TPSA) is 76.0 Å². The minimum Gasteiger partial charge on any atom is -0.352 e. The first kappa shape index (κ1) is 27.0. The van der Waals surface area contributed by atoms with Crippen LogP contribution in [0.1, 0.15) is 40.5 Å². The maximum absolute atomic E-state index is 15.0. The summed E-state index contributed by atoms with van der Waals surface area (Å²) in [4.78, 5) is 29.4. The lowest BCUT2D eigenvalue weighted by Crippen LogP contribution is -2.32. The molecule has 0 fully saturated rings. The van der Waals surface area contributed by atoms with Crippen molar-refractivity contribution in [2.24, 2.45) is 0 Å². The van der Waals surface area contributed by atoms with E-state index in [4.69, 9.17) is 0 Å². The number of alkyl halides is 3. The van der Waals surface area contributed by atoms with Crippen molar-refractivity contribution in [2.45, 2.75) is 32.5 Å². The number of hydrogen-bond donors (Lipinski definition) is 2. The van der Waals surface area contributed by atoms with Crippen LogP contribution in [0.4, 0.5) is 27.8 Å². The second-order valence-electron chi connectivity index (χ2n) is 9.28. The lowest BCUT2D eigenvalue weighted by Gasteiger charge is -2.18. The van der Waals surface area contributed by atoms with Gasteiger partial charge in [0.05, 0.1) is 23.4 Å². The summed E-state index contributed by atoms with van der Waals surface area (Å²) in [5.74, 6) is -1.95. The van der Waals surface area contributed by atoms with Gasteiger partial charge in [-0.1, -0.05) is 25.1 Å². The monoisotopic (exact) mass is 554 g/mol. The Balaban J connectivity index is 1.76. The van der Waals surface area contributed by atoms with Crippen LogP contribution in [0.15, 0.2) is 60.8 Å². The summed E-state index contributed by atoms with van der Waals surface area (Å²) in [5.41, 5.74) is 1.63. The Morgan fingerprint density at radius 2 is 1.77 bits per heavy atom. The molecule has 3 heterocycles. The zero-order chi connectivity index (χ0) is 28.6. The molecule has 0 saturated heterocycles. The number of aromatic nitrogens is 2. The van der Waals surface area contributed by atoms with E-state index in [-0.39, 0.29) is 36.2 Å². The molecule has 6 nitrogen and oxygen atoms in total. The van der Waals surface area contributed by atoms with Crippen molar-refractivity contribution >= 4 is 17.6 Å². The number of pyridine rings is 1. The van der Waals surface area contributed by atoms with Gasteiger partial charge in [0.25, 0.3) is 5.91 Å². The molecule has 0 atom stereocenters. The van der Waals surface area contributed by atoms with Crippen molar-refractivity contribution in [2.75, 3.05) is 11.9 Å². The maximum Gasteiger partial charge on any atom is 0.416 e. The Labute approximate surface area is 225 Å². The smallest absolute Gasteiger partial charge is 0.352 e. The van der Waals surface area contributed by atoms with E-state index in [1.165, 1.54) is 30.5 Å². The number of fused-ring (bicyclic) bond motifs is 1. The fourth-order valence-corrected chi connectivity index (χ4v) is 4.83. The van der Waals surface area contributed by atoms with Gasteiger partial charge in [0.15, 0.2) is 0 Å². The zero-order valence-corrected chi connectivity index (χ0v) is 21.2. The molecule has 2 N–H and O–H groups in total. The molecule has 5 rings (SSSR count). The standard InChI is InChI=1S/C29H23F5N4O2/c1-2-24(39)37-23-13-17(9-11-35-23)27-25(16-4-7-20(30)8-5-16)26-22(10-12-36-28(26)40)38(27)15-18-3-6-19(14-21(18)31)29(32,33)34/h3-9,11,13-14H,2,10,12,15H2,1H3,(H,36,40)(H,35,37,39). The fraction of sp³-hybridized carbons (Fsp3) is 0.207. The van der Waals surface area contributed by atoms with Crippen molar-refractivity contribution in [3.8, 4) is 22.4 Å². The third-order valence-electron chi connectivity index (χ3n) is 6.71. The Hall–Kier alpha value is -4.54. The predicted octanol–water partition coefficient (Wildman–Crippen LogP) is 6.20. The zero-order valence-electron chi connectivity index (χ0n) is 21.2. The minimum atomic E-state index is -4.71. The summed E-state index contributed by atoms with van der Waals surface area (Å²) < 4.78 is 70.1. The van der Waals surface area contributed by atoms with Gasteiger partial charge in [0, 0.05) is 48.0 Å². The van der Waals surface area contributed by atoms with Gasteiger partial charge in [0.2, 0.25) is 5.91 Å². The lowest BCUT2D eigenvalue weighted by atomic mass is 9.95. The van der Waals surface area contributed by atoms with Gasteiger partial charge < -0.3 is 15.2 Å². The van der Waals surface area contributed by atoms with E-state index in [0.717, 1.165) is 12.1 Å². The first-order chi connectivity index (χ1) is 19.1. The minimum absolute atomic E-state index is 0.0164. The van der Waals surface area contributed by atoms with Crippen LogP contribution in [0, 0.1) is 11.6 Å². The normalized spacial score (nSPS) is 13.1. The van der Waals surface area contributed by atoms with Crippen molar-refractivity contribution in [1.29, 1.82) is 0 Å². The van der Waals surface area contributed by atoms with Gasteiger partial charge in [-0.3, -0.25) is 9.59 Å². The van der Waals surface area contributed by atoms with Gasteiger partial charge in [-0.2, -0.15) is 13.2 Å². The fourth-order valence-electron chi connectivity index (χ4n) is 4.83. The number of nitrogens with one attached hydrogen (secondary N) is 2. The van der Waals surface area contributed by atoms with E-state index in [2.05, 4.69) is 15.6 Å². The van der Waals surface area contributed by atoms with Gasteiger partial charge >= 0.3 is 6.18 Å². The molecule has 40 heavy (non-hydrogen) atoms. The van der Waals surface area contributed by atoms with Gasteiger partial charge in [-0.25, -0.2) is 13.8 Å². The maximum atomic E-state index is 15.0. The van der Waals surface area contributed by atoms with E-state index in [9.17, 15) is 27.2 Å². The number of amides is 2. The van der Waals surface area contributed by atoms with E-state index in [1.807, 2.05) is 0 Å². The Kier molecular flexibility index (Phi) is 7.14. The van der Waals surface area contributed by atoms with Crippen molar-refractivity contribution in [3.63, 3.8) is 0 Å². The van der Waals surface area contributed by atoms with Crippen LogP contribution in [0.25, 0.3) is 22.4 Å². The summed E-state index contributed by atoms with van der Waals surface area (Å²) in [5, 5.41) is 5.48. The summed E-state index contributed by atoms with van der Waals surface area (Å²) in [6.45, 7) is 1.79. The average molecular weight is 555 g/mol. The quantitative estimate of drug-likeness (QED) is 0.279. The van der Waals surface area contributed by atoms with Gasteiger partial charge in [-0.05, 0) is 42.0 Å². The molecular formula is C29H23F5N4O2. The third-order valence-corrected chi connectivity index (χ3v) is 6.71. The molecule has 0 radical (unpaired) electrons. The second-order valence-corrected chi connectivity index (χ2v) is 9.28. The highest BCUT2D eigenvalue weighted by molar-refractivity contribution is 6.07. The molecule has 0 spiro atoms. The number of hydrogen-bond acceptors (Lipinski definition) is 3. The number of nitrogens with zero attached hydrogens (tertiary/aromatic N) is 2. The van der Waals surface area contributed by atoms with E-state index in [0.29, 0.717) is 52.7 Å². The highest BCUT2D eigenvalue weighted by Gasteiger charge is 2.33. The molecule has 0 aliphatic carbocycles. The molecule has 2 amide bonds. The molecule has 0 bridgehead atoms.